The van der Waals surface area contributed by atoms with E-state index in [-0.39, 0.29) is 0 Å². The van der Waals surface area contributed by atoms with Crippen LogP contribution in [-0.4, -0.2) is 48.1 Å². The van der Waals surface area contributed by atoms with Gasteiger partial charge in [-0.2, -0.15) is 0 Å². The number of rotatable bonds is 2. The van der Waals surface area contributed by atoms with Crippen LogP contribution in [0.15, 0.2) is 0 Å². The maximum atomic E-state index is 2.63. The summed E-state index contributed by atoms with van der Waals surface area (Å²) in [5.41, 5.74) is 0. The molecule has 0 aromatic rings. The van der Waals surface area contributed by atoms with Crippen molar-refractivity contribution < 1.29 is 0 Å². The van der Waals surface area contributed by atoms with E-state index in [1.807, 2.05) is 0 Å². The van der Waals surface area contributed by atoms with Gasteiger partial charge >= 0.3 is 0 Å². The van der Waals surface area contributed by atoms with Crippen LogP contribution < -0.4 is 0 Å². The van der Waals surface area contributed by atoms with Crippen molar-refractivity contribution in [2.24, 2.45) is 23.7 Å². The molecule has 3 aliphatic heterocycles. The third-order valence-corrected chi connectivity index (χ3v) is 5.79. The summed E-state index contributed by atoms with van der Waals surface area (Å²) in [6.45, 7) is 14.8. The van der Waals surface area contributed by atoms with Crippen molar-refractivity contribution >= 4 is 0 Å². The van der Waals surface area contributed by atoms with E-state index in [1.165, 1.54) is 45.4 Å². The van der Waals surface area contributed by atoms with Gasteiger partial charge in [0, 0.05) is 38.3 Å². The number of fused-ring (bicyclic) bond motifs is 3. The van der Waals surface area contributed by atoms with Gasteiger partial charge in [-0.25, -0.2) is 0 Å². The molecule has 0 aromatic heterocycles. The summed E-state index contributed by atoms with van der Waals surface area (Å²) in [5.74, 6) is 4.35. The first-order valence-corrected chi connectivity index (χ1v) is 8.51. The number of hydrogen-bond acceptors (Lipinski definition) is 2. The molecule has 0 radical (unpaired) electrons. The van der Waals surface area contributed by atoms with Gasteiger partial charge in [0.15, 0.2) is 0 Å². The SMILES string of the molecule is CC(C)N1CC2CC(C2)C1.CC(C)N1CC2CC2C1. The summed E-state index contributed by atoms with van der Waals surface area (Å²) < 4.78 is 0. The molecular weight excluding hydrogens is 232 g/mol. The second-order valence-electron chi connectivity index (χ2n) is 8.05. The Morgan fingerprint density at radius 2 is 1.05 bits per heavy atom. The number of likely N-dealkylation sites (tertiary alicyclic amines) is 1. The summed E-state index contributed by atoms with van der Waals surface area (Å²) in [6, 6.07) is 1.57. The molecule has 2 heteroatoms. The second-order valence-corrected chi connectivity index (χ2v) is 8.05. The first-order valence-electron chi connectivity index (χ1n) is 8.51. The lowest BCUT2D eigenvalue weighted by Crippen LogP contribution is -2.50. The van der Waals surface area contributed by atoms with Crippen molar-refractivity contribution in [3.8, 4) is 0 Å². The van der Waals surface area contributed by atoms with Crippen molar-refractivity contribution in [3.63, 3.8) is 0 Å². The Morgan fingerprint density at radius 1 is 0.632 bits per heavy atom. The van der Waals surface area contributed by atoms with E-state index in [9.17, 15) is 0 Å². The van der Waals surface area contributed by atoms with Crippen molar-refractivity contribution in [1.82, 2.24) is 9.80 Å². The molecule has 2 unspecified atom stereocenters. The Bertz CT molecular complexity index is 286. The molecule has 3 heterocycles. The van der Waals surface area contributed by atoms with Gasteiger partial charge in [0.2, 0.25) is 0 Å². The average molecular weight is 264 g/mol. The van der Waals surface area contributed by atoms with Crippen LogP contribution in [0.4, 0.5) is 0 Å². The summed E-state index contributed by atoms with van der Waals surface area (Å²) in [5, 5.41) is 0. The smallest absolute Gasteiger partial charge is 0.00388 e. The third-order valence-electron chi connectivity index (χ3n) is 5.79. The molecule has 0 N–H and O–H groups in total. The van der Waals surface area contributed by atoms with Crippen molar-refractivity contribution in [1.29, 1.82) is 0 Å². The van der Waals surface area contributed by atoms with E-state index in [1.54, 1.807) is 0 Å². The van der Waals surface area contributed by atoms with Gasteiger partial charge in [0.05, 0.1) is 0 Å². The molecule has 110 valence electrons. The standard InChI is InChI=1S/C9H17N.C8H15N/c1-7(2)10-5-8-3-9(4-8)6-10;1-6(2)9-4-7-3-8(7)5-9/h7-9H,3-6H2,1-2H3;6-8H,3-5H2,1-2H3. The van der Waals surface area contributed by atoms with Gasteiger partial charge < -0.3 is 9.80 Å². The predicted molar refractivity (Wildman–Crippen MR) is 81.2 cm³/mol. The van der Waals surface area contributed by atoms with Crippen LogP contribution in [0.5, 0.6) is 0 Å². The lowest BCUT2D eigenvalue weighted by Gasteiger charge is -2.48. The van der Waals surface area contributed by atoms with E-state index in [2.05, 4.69) is 37.5 Å². The number of hydrogen-bond donors (Lipinski definition) is 0. The highest BCUT2D eigenvalue weighted by Gasteiger charge is 2.45. The van der Waals surface area contributed by atoms with Gasteiger partial charge in [-0.3, -0.25) is 0 Å². The monoisotopic (exact) mass is 264 g/mol. The molecule has 5 fully saturated rings. The fraction of sp³-hybridized carbons (Fsp3) is 1.00. The number of piperidine rings is 3. The molecule has 5 aliphatic rings. The van der Waals surface area contributed by atoms with Gasteiger partial charge in [-0.05, 0) is 70.6 Å². The zero-order valence-corrected chi connectivity index (χ0v) is 13.3. The topological polar surface area (TPSA) is 6.48 Å². The molecule has 2 bridgehead atoms. The van der Waals surface area contributed by atoms with Crippen molar-refractivity contribution in [2.75, 3.05) is 26.2 Å². The lowest BCUT2D eigenvalue weighted by molar-refractivity contribution is 0.00980. The summed E-state index contributed by atoms with van der Waals surface area (Å²) in [4.78, 5) is 5.22. The van der Waals surface area contributed by atoms with Gasteiger partial charge in [-0.15, -0.1) is 0 Å². The molecule has 2 aliphatic carbocycles. The maximum absolute atomic E-state index is 2.63. The van der Waals surface area contributed by atoms with Crippen LogP contribution in [-0.2, 0) is 0 Å². The van der Waals surface area contributed by atoms with Crippen LogP contribution in [0.25, 0.3) is 0 Å². The molecule has 2 nitrogen and oxygen atoms in total. The molecule has 3 saturated heterocycles. The molecule has 0 amide bonds. The zero-order chi connectivity index (χ0) is 13.6. The molecule has 2 saturated carbocycles. The van der Waals surface area contributed by atoms with E-state index in [4.69, 9.17) is 0 Å². The molecule has 0 spiro atoms. The summed E-state index contributed by atoms with van der Waals surface area (Å²) in [6.07, 6.45) is 4.59. The van der Waals surface area contributed by atoms with E-state index >= 15 is 0 Å². The molecular formula is C17H32N2. The minimum absolute atomic E-state index is 0.783. The van der Waals surface area contributed by atoms with Gasteiger partial charge in [-0.1, -0.05) is 0 Å². The van der Waals surface area contributed by atoms with Crippen molar-refractivity contribution in [3.05, 3.63) is 0 Å². The van der Waals surface area contributed by atoms with Crippen LogP contribution in [0.3, 0.4) is 0 Å². The second kappa shape index (κ2) is 5.37. The fourth-order valence-electron chi connectivity index (χ4n) is 4.19. The highest BCUT2D eigenvalue weighted by molar-refractivity contribution is 4.97. The Kier molecular flexibility index (Phi) is 3.92. The first kappa shape index (κ1) is 13.9. The minimum atomic E-state index is 0.783. The van der Waals surface area contributed by atoms with E-state index in [0.717, 1.165) is 35.8 Å². The highest BCUT2D eigenvalue weighted by atomic mass is 15.2. The summed E-state index contributed by atoms with van der Waals surface area (Å²) >= 11 is 0. The lowest BCUT2D eigenvalue weighted by atomic mass is 9.71. The third kappa shape index (κ3) is 3.16. The minimum Gasteiger partial charge on any atom is -0.300 e. The number of nitrogens with zero attached hydrogens (tertiary/aromatic N) is 2. The van der Waals surface area contributed by atoms with Crippen LogP contribution in [0, 0.1) is 23.7 Å². The molecule has 0 aromatic carbocycles. The largest absolute Gasteiger partial charge is 0.300 e. The Morgan fingerprint density at radius 3 is 1.37 bits per heavy atom. The van der Waals surface area contributed by atoms with Gasteiger partial charge in [0.1, 0.15) is 0 Å². The fourth-order valence-corrected chi connectivity index (χ4v) is 4.19. The average Bonchev–Trinajstić information content (AvgIpc) is 2.96. The Balaban J connectivity index is 0.000000117. The normalized spacial score (nSPS) is 40.7. The molecule has 2 atom stereocenters. The highest BCUT2D eigenvalue weighted by Crippen LogP contribution is 2.45. The maximum Gasteiger partial charge on any atom is 0.00388 e. The van der Waals surface area contributed by atoms with E-state index in [0.29, 0.717) is 0 Å². The summed E-state index contributed by atoms with van der Waals surface area (Å²) in [7, 11) is 0. The van der Waals surface area contributed by atoms with Crippen molar-refractivity contribution in [2.45, 2.75) is 59.0 Å². The first-order chi connectivity index (χ1) is 9.02. The van der Waals surface area contributed by atoms with Crippen LogP contribution >= 0.6 is 0 Å². The van der Waals surface area contributed by atoms with Gasteiger partial charge in [0.25, 0.3) is 0 Å². The van der Waals surface area contributed by atoms with Crippen LogP contribution in [0.2, 0.25) is 0 Å². The Labute approximate surface area is 119 Å². The Hall–Kier alpha value is -0.0800. The molecule has 19 heavy (non-hydrogen) atoms. The van der Waals surface area contributed by atoms with E-state index < -0.39 is 0 Å². The van der Waals surface area contributed by atoms with Crippen LogP contribution in [0.1, 0.15) is 47.0 Å². The zero-order valence-electron chi connectivity index (χ0n) is 13.3. The predicted octanol–water partition coefficient (Wildman–Crippen LogP) is 3.08. The molecule has 5 rings (SSSR count). The quantitative estimate of drug-likeness (QED) is 0.756.